The molecule has 0 saturated carbocycles. The van der Waals surface area contributed by atoms with Crippen LogP contribution in [0.1, 0.15) is 62.7 Å². The molecule has 2 aromatic rings. The first-order valence-electron chi connectivity index (χ1n) is 13.4. The van der Waals surface area contributed by atoms with Crippen molar-refractivity contribution in [2.24, 2.45) is 5.92 Å². The van der Waals surface area contributed by atoms with E-state index in [1.54, 1.807) is 11.0 Å². The standard InChI is InChI=1S/C29H40N4O2/c1-3-31(4-2)21-18-23-12-9-10-19-32(22-23)20-11-17-28(34)33-26-15-7-5-13-24(26)29(35)30-25-14-6-8-16-27(25)33/h5-8,13-16,23H,3-4,9-12,17-22H2,1-2H3,(H,30,35). The molecule has 2 aliphatic heterocycles. The lowest BCUT2D eigenvalue weighted by Crippen LogP contribution is -2.33. The summed E-state index contributed by atoms with van der Waals surface area (Å²) in [5, 5.41) is 2.97. The van der Waals surface area contributed by atoms with Crippen LogP contribution in [0.25, 0.3) is 0 Å². The van der Waals surface area contributed by atoms with Crippen molar-refractivity contribution in [2.45, 2.75) is 52.4 Å². The Bertz CT molecular complexity index is 1000. The number of nitrogens with zero attached hydrogens (tertiary/aromatic N) is 3. The largest absolute Gasteiger partial charge is 0.320 e. The van der Waals surface area contributed by atoms with Gasteiger partial charge in [-0.2, -0.15) is 0 Å². The van der Waals surface area contributed by atoms with Crippen LogP contribution in [0.5, 0.6) is 0 Å². The first-order chi connectivity index (χ1) is 17.1. The first kappa shape index (κ1) is 25.4. The zero-order valence-electron chi connectivity index (χ0n) is 21.3. The SMILES string of the molecule is CCN(CC)CCC1CCCCN(CCCC(=O)N2c3ccccc3NC(=O)c3ccccc32)C1. The average Bonchev–Trinajstić information content (AvgIpc) is 3.17. The molecule has 4 rings (SSSR count). The highest BCUT2D eigenvalue weighted by molar-refractivity contribution is 6.17. The predicted octanol–water partition coefficient (Wildman–Crippen LogP) is 5.53. The van der Waals surface area contributed by atoms with Gasteiger partial charge in [-0.25, -0.2) is 0 Å². The summed E-state index contributed by atoms with van der Waals surface area (Å²) in [6.07, 6.45) is 6.41. The van der Waals surface area contributed by atoms with Crippen LogP contribution in [0.4, 0.5) is 17.1 Å². The van der Waals surface area contributed by atoms with Gasteiger partial charge >= 0.3 is 0 Å². The van der Waals surface area contributed by atoms with E-state index in [-0.39, 0.29) is 11.8 Å². The smallest absolute Gasteiger partial charge is 0.257 e. The maximum Gasteiger partial charge on any atom is 0.257 e. The number of benzene rings is 2. The number of nitrogens with one attached hydrogen (secondary N) is 1. The van der Waals surface area contributed by atoms with E-state index in [2.05, 4.69) is 29.0 Å². The Balaban J connectivity index is 1.39. The first-order valence-corrected chi connectivity index (χ1v) is 13.4. The second-order valence-electron chi connectivity index (χ2n) is 9.80. The summed E-state index contributed by atoms with van der Waals surface area (Å²) in [7, 11) is 0. The van der Waals surface area contributed by atoms with Gasteiger partial charge in [-0.3, -0.25) is 14.5 Å². The van der Waals surface area contributed by atoms with E-state index in [0.717, 1.165) is 50.7 Å². The van der Waals surface area contributed by atoms with E-state index >= 15 is 0 Å². The predicted molar refractivity (Wildman–Crippen MR) is 143 cm³/mol. The Morgan fingerprint density at radius 3 is 2.57 bits per heavy atom. The van der Waals surface area contributed by atoms with Crippen LogP contribution < -0.4 is 10.2 Å². The molecule has 0 spiro atoms. The summed E-state index contributed by atoms with van der Waals surface area (Å²) in [5.41, 5.74) is 2.60. The lowest BCUT2D eigenvalue weighted by atomic mass is 9.99. The number of rotatable bonds is 9. The molecule has 1 N–H and O–H groups in total. The van der Waals surface area contributed by atoms with E-state index in [0.29, 0.717) is 23.4 Å². The molecule has 0 aromatic heterocycles. The van der Waals surface area contributed by atoms with Crippen LogP contribution in [0.15, 0.2) is 48.5 Å². The fourth-order valence-corrected chi connectivity index (χ4v) is 5.45. The van der Waals surface area contributed by atoms with E-state index in [4.69, 9.17) is 0 Å². The van der Waals surface area contributed by atoms with Crippen LogP contribution in [-0.2, 0) is 4.79 Å². The number of carbonyl (C=O) groups is 2. The average molecular weight is 477 g/mol. The highest BCUT2D eigenvalue weighted by atomic mass is 16.2. The van der Waals surface area contributed by atoms with E-state index in [9.17, 15) is 9.59 Å². The zero-order chi connectivity index (χ0) is 24.6. The minimum absolute atomic E-state index is 0.0364. The molecule has 0 bridgehead atoms. The fourth-order valence-electron chi connectivity index (χ4n) is 5.45. The van der Waals surface area contributed by atoms with Crippen LogP contribution in [-0.4, -0.2) is 60.9 Å². The molecule has 2 aliphatic rings. The van der Waals surface area contributed by atoms with Crippen molar-refractivity contribution in [1.29, 1.82) is 0 Å². The second kappa shape index (κ2) is 12.3. The normalized spacial score (nSPS) is 18.4. The molecule has 2 heterocycles. The van der Waals surface area contributed by atoms with E-state index in [1.807, 2.05) is 42.5 Å². The Hall–Kier alpha value is -2.70. The van der Waals surface area contributed by atoms with Crippen molar-refractivity contribution in [1.82, 2.24) is 9.80 Å². The molecule has 2 amide bonds. The van der Waals surface area contributed by atoms with Crippen molar-refractivity contribution < 1.29 is 9.59 Å². The molecule has 1 unspecified atom stereocenters. The van der Waals surface area contributed by atoms with Crippen molar-refractivity contribution in [2.75, 3.05) is 49.5 Å². The van der Waals surface area contributed by atoms with Crippen molar-refractivity contribution in [3.8, 4) is 0 Å². The summed E-state index contributed by atoms with van der Waals surface area (Å²) in [5.74, 6) is 0.605. The van der Waals surface area contributed by atoms with Crippen molar-refractivity contribution >= 4 is 28.9 Å². The molecule has 6 nitrogen and oxygen atoms in total. The Kier molecular flexibility index (Phi) is 8.94. The second-order valence-corrected chi connectivity index (χ2v) is 9.80. The van der Waals surface area contributed by atoms with Crippen LogP contribution in [0.2, 0.25) is 0 Å². The summed E-state index contributed by atoms with van der Waals surface area (Å²) >= 11 is 0. The number of amides is 2. The van der Waals surface area contributed by atoms with Crippen LogP contribution in [0.3, 0.4) is 0 Å². The number of likely N-dealkylation sites (tertiary alicyclic amines) is 1. The molecule has 0 radical (unpaired) electrons. The van der Waals surface area contributed by atoms with E-state index in [1.165, 1.54) is 32.2 Å². The number of anilines is 3. The summed E-state index contributed by atoms with van der Waals surface area (Å²) < 4.78 is 0. The lowest BCUT2D eigenvalue weighted by molar-refractivity contribution is -0.118. The van der Waals surface area contributed by atoms with Gasteiger partial charge in [0, 0.05) is 13.0 Å². The van der Waals surface area contributed by atoms with Crippen molar-refractivity contribution in [3.05, 3.63) is 54.1 Å². The van der Waals surface area contributed by atoms with Gasteiger partial charge in [-0.15, -0.1) is 0 Å². The highest BCUT2D eigenvalue weighted by Gasteiger charge is 2.29. The highest BCUT2D eigenvalue weighted by Crippen LogP contribution is 2.38. The number of hydrogen-bond acceptors (Lipinski definition) is 4. The quantitative estimate of drug-likeness (QED) is 0.517. The number of fused-ring (bicyclic) bond motifs is 2. The summed E-state index contributed by atoms with van der Waals surface area (Å²) in [6, 6.07) is 14.9. The Labute approximate surface area is 210 Å². The third-order valence-electron chi connectivity index (χ3n) is 7.50. The van der Waals surface area contributed by atoms with Gasteiger partial charge in [0.1, 0.15) is 0 Å². The maximum absolute atomic E-state index is 13.6. The molecule has 0 aliphatic carbocycles. The van der Waals surface area contributed by atoms with Crippen LogP contribution in [0, 0.1) is 5.92 Å². The molecule has 1 atom stereocenters. The summed E-state index contributed by atoms with van der Waals surface area (Å²) in [6.45, 7) is 11.1. The maximum atomic E-state index is 13.6. The molecular formula is C29H40N4O2. The molecule has 6 heteroatoms. The van der Waals surface area contributed by atoms with Gasteiger partial charge in [-0.05, 0) is 88.6 Å². The Morgan fingerprint density at radius 2 is 1.77 bits per heavy atom. The van der Waals surface area contributed by atoms with Gasteiger partial charge in [0.15, 0.2) is 0 Å². The van der Waals surface area contributed by atoms with Crippen LogP contribution >= 0.6 is 0 Å². The van der Waals surface area contributed by atoms with Gasteiger partial charge in [0.05, 0.1) is 22.6 Å². The van der Waals surface area contributed by atoms with Crippen molar-refractivity contribution in [3.63, 3.8) is 0 Å². The molecule has 2 aromatic carbocycles. The topological polar surface area (TPSA) is 55.9 Å². The van der Waals surface area contributed by atoms with Gasteiger partial charge in [0.25, 0.3) is 5.91 Å². The third kappa shape index (κ3) is 6.30. The third-order valence-corrected chi connectivity index (χ3v) is 7.50. The van der Waals surface area contributed by atoms with Gasteiger partial charge in [0.2, 0.25) is 5.91 Å². The number of carbonyl (C=O) groups excluding carboxylic acids is 2. The molecule has 35 heavy (non-hydrogen) atoms. The molecule has 1 fully saturated rings. The molecule has 1 saturated heterocycles. The lowest BCUT2D eigenvalue weighted by Gasteiger charge is -2.27. The number of hydrogen-bond donors (Lipinski definition) is 1. The Morgan fingerprint density at radius 1 is 1.03 bits per heavy atom. The van der Waals surface area contributed by atoms with Gasteiger partial charge < -0.3 is 15.1 Å². The monoisotopic (exact) mass is 476 g/mol. The summed E-state index contributed by atoms with van der Waals surface area (Å²) in [4.78, 5) is 33.2. The fraction of sp³-hybridized carbons (Fsp3) is 0.517. The minimum Gasteiger partial charge on any atom is -0.320 e. The van der Waals surface area contributed by atoms with E-state index < -0.39 is 0 Å². The number of para-hydroxylation sites is 3. The molecule has 188 valence electrons. The zero-order valence-corrected chi connectivity index (χ0v) is 21.3. The van der Waals surface area contributed by atoms with Gasteiger partial charge in [-0.1, -0.05) is 44.5 Å². The molecular weight excluding hydrogens is 436 g/mol. The minimum atomic E-state index is -0.177.